The summed E-state index contributed by atoms with van der Waals surface area (Å²) in [6.07, 6.45) is 1.10. The quantitative estimate of drug-likeness (QED) is 0.797. The van der Waals surface area contributed by atoms with Gasteiger partial charge in [-0.05, 0) is 59.1 Å². The Labute approximate surface area is 146 Å². The summed E-state index contributed by atoms with van der Waals surface area (Å²) in [5.41, 5.74) is 0.589. The topological polar surface area (TPSA) is 38.3 Å². The van der Waals surface area contributed by atoms with Gasteiger partial charge in [0.1, 0.15) is 11.6 Å². The molecule has 3 rings (SSSR count). The second kappa shape index (κ2) is 6.89. The van der Waals surface area contributed by atoms with E-state index in [4.69, 9.17) is 16.3 Å². The molecule has 0 aliphatic heterocycles. The summed E-state index contributed by atoms with van der Waals surface area (Å²) >= 11 is 9.29. The summed E-state index contributed by atoms with van der Waals surface area (Å²) in [6.45, 7) is 0. The number of amides is 1. The van der Waals surface area contributed by atoms with Gasteiger partial charge in [-0.2, -0.15) is 0 Å². The number of rotatable bonds is 5. The molecule has 0 radical (unpaired) electrons. The molecule has 2 aromatic rings. The molecule has 0 saturated heterocycles. The van der Waals surface area contributed by atoms with Crippen LogP contribution in [0.5, 0.6) is 5.75 Å². The number of nitrogens with one attached hydrogen (secondary N) is 1. The van der Waals surface area contributed by atoms with E-state index in [2.05, 4.69) is 21.2 Å². The number of carbonyl (C=O) groups excluding carboxylic acids is 1. The molecule has 3 nitrogen and oxygen atoms in total. The Balaban J connectivity index is 1.87. The Morgan fingerprint density at radius 1 is 1.26 bits per heavy atom. The summed E-state index contributed by atoms with van der Waals surface area (Å²) in [7, 11) is 0. The Morgan fingerprint density at radius 3 is 2.57 bits per heavy atom. The minimum atomic E-state index is -0.853. The maximum atomic E-state index is 13.1. The zero-order chi connectivity index (χ0) is 16.4. The smallest absolute Gasteiger partial charge is 0.266 e. The molecule has 0 bridgehead atoms. The van der Waals surface area contributed by atoms with Gasteiger partial charge < -0.3 is 10.1 Å². The molecule has 1 amide bonds. The van der Waals surface area contributed by atoms with E-state index in [1.54, 1.807) is 30.3 Å². The van der Waals surface area contributed by atoms with Crippen molar-refractivity contribution in [2.75, 3.05) is 0 Å². The van der Waals surface area contributed by atoms with Gasteiger partial charge >= 0.3 is 0 Å². The molecule has 120 valence electrons. The van der Waals surface area contributed by atoms with Crippen LogP contribution in [0.4, 0.5) is 4.39 Å². The van der Waals surface area contributed by atoms with Crippen LogP contribution in [0.15, 0.2) is 46.9 Å². The van der Waals surface area contributed by atoms with Crippen molar-refractivity contribution in [1.82, 2.24) is 5.32 Å². The van der Waals surface area contributed by atoms with Crippen LogP contribution >= 0.6 is 27.5 Å². The highest BCUT2D eigenvalue weighted by atomic mass is 79.9. The molecule has 2 aromatic carbocycles. The van der Waals surface area contributed by atoms with E-state index >= 15 is 0 Å². The van der Waals surface area contributed by atoms with Crippen LogP contribution in [0.2, 0.25) is 5.02 Å². The Kier molecular flexibility index (Phi) is 4.87. The number of carbonyl (C=O) groups is 1. The van der Waals surface area contributed by atoms with Crippen LogP contribution in [-0.2, 0) is 4.79 Å². The number of hydrogen-bond donors (Lipinski definition) is 1. The van der Waals surface area contributed by atoms with Crippen molar-refractivity contribution in [1.29, 1.82) is 0 Å². The van der Waals surface area contributed by atoms with Gasteiger partial charge in [0.15, 0.2) is 0 Å². The lowest BCUT2D eigenvalue weighted by Crippen LogP contribution is -2.33. The molecule has 23 heavy (non-hydrogen) atoms. The van der Waals surface area contributed by atoms with Crippen LogP contribution in [-0.4, -0.2) is 11.9 Å². The highest BCUT2D eigenvalue weighted by Gasteiger charge is 2.30. The highest BCUT2D eigenvalue weighted by molar-refractivity contribution is 9.10. The third-order valence-electron chi connectivity index (χ3n) is 3.47. The zero-order valence-corrected chi connectivity index (χ0v) is 14.4. The monoisotopic (exact) mass is 397 g/mol. The average Bonchev–Trinajstić information content (AvgIpc) is 3.31. The van der Waals surface area contributed by atoms with Gasteiger partial charge in [0.05, 0.1) is 4.47 Å². The molecule has 0 heterocycles. The molecular formula is C17H14BrClFNO2. The molecule has 6 heteroatoms. The lowest BCUT2D eigenvalue weighted by Gasteiger charge is -2.20. The Bertz CT molecular complexity index is 719. The van der Waals surface area contributed by atoms with Crippen LogP contribution in [0.25, 0.3) is 0 Å². The third-order valence-corrected chi connectivity index (χ3v) is 4.33. The lowest BCUT2D eigenvalue weighted by molar-refractivity contribution is -0.128. The van der Waals surface area contributed by atoms with Crippen LogP contribution in [0.3, 0.4) is 0 Å². The Hall–Kier alpha value is -1.59. The Morgan fingerprint density at radius 2 is 1.96 bits per heavy atom. The molecule has 0 unspecified atom stereocenters. The van der Waals surface area contributed by atoms with Crippen LogP contribution < -0.4 is 10.1 Å². The summed E-state index contributed by atoms with van der Waals surface area (Å²) in [5, 5.41) is 3.48. The molecule has 0 aromatic heterocycles. The molecule has 1 fully saturated rings. The first-order valence-electron chi connectivity index (χ1n) is 7.20. The van der Waals surface area contributed by atoms with Gasteiger partial charge in [-0.15, -0.1) is 0 Å². The maximum absolute atomic E-state index is 13.1. The predicted molar refractivity (Wildman–Crippen MR) is 90.1 cm³/mol. The van der Waals surface area contributed by atoms with E-state index in [1.165, 1.54) is 12.1 Å². The van der Waals surface area contributed by atoms with Gasteiger partial charge in [0, 0.05) is 16.6 Å². The normalized spacial score (nSPS) is 15.1. The SMILES string of the molecule is O=C(NC1CC1)[C@H](Oc1ccc(Cl)cc1Br)c1ccc(F)cc1. The van der Waals surface area contributed by atoms with Crippen LogP contribution in [0.1, 0.15) is 24.5 Å². The van der Waals surface area contributed by atoms with Crippen molar-refractivity contribution >= 4 is 33.4 Å². The van der Waals surface area contributed by atoms with Crippen molar-refractivity contribution in [3.05, 3.63) is 63.3 Å². The largest absolute Gasteiger partial charge is 0.475 e. The van der Waals surface area contributed by atoms with Gasteiger partial charge in [-0.3, -0.25) is 4.79 Å². The van der Waals surface area contributed by atoms with Crippen molar-refractivity contribution < 1.29 is 13.9 Å². The van der Waals surface area contributed by atoms with E-state index < -0.39 is 6.10 Å². The van der Waals surface area contributed by atoms with Gasteiger partial charge in [0.2, 0.25) is 6.10 Å². The highest BCUT2D eigenvalue weighted by Crippen LogP contribution is 2.32. The summed E-state index contributed by atoms with van der Waals surface area (Å²) in [4.78, 5) is 12.5. The first kappa shape index (κ1) is 16.3. The number of halogens is 3. The minimum Gasteiger partial charge on any atom is -0.475 e. The fraction of sp³-hybridized carbons (Fsp3) is 0.235. The number of benzene rings is 2. The van der Waals surface area contributed by atoms with Crippen molar-refractivity contribution in [3.8, 4) is 5.75 Å². The number of ether oxygens (including phenoxy) is 1. The minimum absolute atomic E-state index is 0.211. The van der Waals surface area contributed by atoms with Gasteiger partial charge in [-0.25, -0.2) is 4.39 Å². The summed E-state index contributed by atoms with van der Waals surface area (Å²) < 4.78 is 19.7. The average molecular weight is 399 g/mol. The van der Waals surface area contributed by atoms with E-state index in [0.29, 0.717) is 20.8 Å². The third kappa shape index (κ3) is 4.24. The van der Waals surface area contributed by atoms with Crippen molar-refractivity contribution in [2.45, 2.75) is 25.0 Å². The zero-order valence-electron chi connectivity index (χ0n) is 12.1. The predicted octanol–water partition coefficient (Wildman–Crippen LogP) is 4.64. The van der Waals surface area contributed by atoms with Crippen molar-refractivity contribution in [2.24, 2.45) is 0 Å². The van der Waals surface area contributed by atoms with E-state index in [-0.39, 0.29) is 17.8 Å². The fourth-order valence-corrected chi connectivity index (χ4v) is 2.89. The molecule has 1 aliphatic carbocycles. The second-order valence-electron chi connectivity index (χ2n) is 5.41. The molecule has 0 spiro atoms. The molecule has 1 saturated carbocycles. The number of hydrogen-bond acceptors (Lipinski definition) is 2. The molecule has 1 atom stereocenters. The van der Waals surface area contributed by atoms with Crippen molar-refractivity contribution in [3.63, 3.8) is 0 Å². The summed E-state index contributed by atoms with van der Waals surface area (Å²) in [5.74, 6) is -0.0987. The molecule has 1 N–H and O–H groups in total. The first-order chi connectivity index (χ1) is 11.0. The first-order valence-corrected chi connectivity index (χ1v) is 8.37. The van der Waals surface area contributed by atoms with E-state index in [9.17, 15) is 9.18 Å². The molecule has 1 aliphatic rings. The van der Waals surface area contributed by atoms with Gasteiger partial charge in [0.25, 0.3) is 5.91 Å². The second-order valence-corrected chi connectivity index (χ2v) is 6.70. The maximum Gasteiger partial charge on any atom is 0.266 e. The fourth-order valence-electron chi connectivity index (χ4n) is 2.11. The lowest BCUT2D eigenvalue weighted by atomic mass is 10.1. The molecular weight excluding hydrogens is 385 g/mol. The van der Waals surface area contributed by atoms with Gasteiger partial charge in [-0.1, -0.05) is 23.7 Å². The van der Waals surface area contributed by atoms with E-state index in [0.717, 1.165) is 12.8 Å². The standard InChI is InChI=1S/C17H14BrClFNO2/c18-14-9-11(19)3-8-15(14)23-16(17(22)21-13-6-7-13)10-1-4-12(20)5-2-10/h1-5,8-9,13,16H,6-7H2,(H,21,22)/t16-/m1/s1. The summed E-state index contributed by atoms with van der Waals surface area (Å²) in [6, 6.07) is 11.0. The van der Waals surface area contributed by atoms with Crippen LogP contribution in [0, 0.1) is 5.82 Å². The van der Waals surface area contributed by atoms with E-state index in [1.807, 2.05) is 0 Å².